The summed E-state index contributed by atoms with van der Waals surface area (Å²) in [5.74, 6) is 1.08. The highest BCUT2D eigenvalue weighted by Crippen LogP contribution is 2.32. The van der Waals surface area contributed by atoms with Crippen LogP contribution >= 0.6 is 11.3 Å². The van der Waals surface area contributed by atoms with Crippen molar-refractivity contribution in [1.29, 1.82) is 0 Å². The van der Waals surface area contributed by atoms with Crippen molar-refractivity contribution in [3.63, 3.8) is 0 Å². The number of hydrogen-bond acceptors (Lipinski definition) is 6. The monoisotopic (exact) mass is 525 g/mol. The van der Waals surface area contributed by atoms with E-state index in [1.807, 2.05) is 85.8 Å². The molecule has 0 bridgehead atoms. The number of nitrogens with one attached hydrogen (secondary N) is 1. The van der Waals surface area contributed by atoms with Crippen LogP contribution < -0.4 is 29.7 Å². The molecule has 1 aliphatic heterocycles. The van der Waals surface area contributed by atoms with E-state index in [9.17, 15) is 9.59 Å². The smallest absolute Gasteiger partial charge is 0.271 e. The Labute approximate surface area is 224 Å². The van der Waals surface area contributed by atoms with E-state index in [1.54, 1.807) is 24.7 Å². The van der Waals surface area contributed by atoms with Crippen LogP contribution in [0.25, 0.3) is 6.08 Å². The lowest BCUT2D eigenvalue weighted by atomic mass is 9.95. The maximum absolute atomic E-state index is 13.9. The van der Waals surface area contributed by atoms with E-state index in [0.717, 1.165) is 16.9 Å². The van der Waals surface area contributed by atoms with Gasteiger partial charge in [-0.1, -0.05) is 59.9 Å². The second kappa shape index (κ2) is 10.9. The van der Waals surface area contributed by atoms with Crippen LogP contribution in [-0.2, 0) is 4.79 Å². The van der Waals surface area contributed by atoms with Crippen LogP contribution in [0.5, 0.6) is 11.5 Å². The number of carbonyl (C=O) groups excluding carboxylic acids is 1. The fourth-order valence-corrected chi connectivity index (χ4v) is 5.52. The number of fused-ring (bicyclic) bond motifs is 1. The summed E-state index contributed by atoms with van der Waals surface area (Å²) in [5.41, 5.74) is 2.98. The number of methoxy groups -OCH3 is 1. The van der Waals surface area contributed by atoms with Gasteiger partial charge in [0.1, 0.15) is 11.5 Å². The number of para-hydroxylation sites is 2. The van der Waals surface area contributed by atoms with E-state index in [1.165, 1.54) is 11.3 Å². The molecule has 0 fully saturated rings. The molecule has 0 spiro atoms. The average Bonchev–Trinajstić information content (AvgIpc) is 3.23. The molecule has 5 rings (SSSR count). The van der Waals surface area contributed by atoms with Crippen LogP contribution in [0.2, 0.25) is 0 Å². The maximum atomic E-state index is 13.9. The minimum atomic E-state index is -0.662. The predicted octanol–water partition coefficient (Wildman–Crippen LogP) is 4.28. The van der Waals surface area contributed by atoms with Gasteiger partial charge in [0.25, 0.3) is 11.5 Å². The molecule has 1 N–H and O–H groups in total. The highest BCUT2D eigenvalue weighted by molar-refractivity contribution is 7.07. The zero-order valence-electron chi connectivity index (χ0n) is 21.3. The Kier molecular flexibility index (Phi) is 7.24. The van der Waals surface area contributed by atoms with E-state index >= 15 is 0 Å². The molecule has 4 aromatic rings. The number of aromatic nitrogens is 1. The molecule has 2 heterocycles. The van der Waals surface area contributed by atoms with Gasteiger partial charge in [-0.25, -0.2) is 4.99 Å². The predicted molar refractivity (Wildman–Crippen MR) is 149 cm³/mol. The number of benzene rings is 3. The second-order valence-electron chi connectivity index (χ2n) is 8.65. The molecular formula is C30H27N3O4S. The minimum Gasteiger partial charge on any atom is -0.496 e. The number of amides is 1. The standard InChI is InChI=1S/C30H27N3O4S/c1-4-37-23-16-14-20(15-17-23)27-26(28(34)32-22-11-6-5-7-12-22)19(2)31-30-33(27)29(35)25(38-30)18-21-10-8-9-13-24(21)36-3/h5-18,27H,4H2,1-3H3,(H,32,34)/b25-18+/t27-/m1/s1. The van der Waals surface area contributed by atoms with Crippen LogP contribution in [-0.4, -0.2) is 24.2 Å². The molecule has 1 atom stereocenters. The van der Waals surface area contributed by atoms with Crippen molar-refractivity contribution in [1.82, 2.24) is 4.57 Å². The van der Waals surface area contributed by atoms with E-state index in [2.05, 4.69) is 5.32 Å². The number of rotatable bonds is 7. The SMILES string of the molecule is CCOc1ccc([C@@H]2C(C(=O)Nc3ccccc3)=C(C)N=c3s/c(=C/c4ccccc4OC)c(=O)n32)cc1. The van der Waals surface area contributed by atoms with Gasteiger partial charge in [0.2, 0.25) is 0 Å². The van der Waals surface area contributed by atoms with Crippen LogP contribution in [0.15, 0.2) is 99.9 Å². The van der Waals surface area contributed by atoms with Gasteiger partial charge < -0.3 is 14.8 Å². The van der Waals surface area contributed by atoms with E-state index < -0.39 is 6.04 Å². The van der Waals surface area contributed by atoms with Crippen LogP contribution in [0, 0.1) is 0 Å². The molecule has 0 radical (unpaired) electrons. The van der Waals surface area contributed by atoms with Gasteiger partial charge in [0.15, 0.2) is 4.80 Å². The van der Waals surface area contributed by atoms with Gasteiger partial charge in [0, 0.05) is 11.3 Å². The maximum Gasteiger partial charge on any atom is 0.271 e. The Bertz CT molecular complexity index is 1690. The first-order valence-corrected chi connectivity index (χ1v) is 13.1. The Morgan fingerprint density at radius 2 is 1.76 bits per heavy atom. The van der Waals surface area contributed by atoms with Crippen molar-refractivity contribution in [2.75, 3.05) is 19.0 Å². The number of hydrogen-bond donors (Lipinski definition) is 1. The van der Waals surface area contributed by atoms with Crippen LogP contribution in [0.4, 0.5) is 5.69 Å². The van der Waals surface area contributed by atoms with Gasteiger partial charge in [-0.3, -0.25) is 14.2 Å². The Morgan fingerprint density at radius 3 is 2.47 bits per heavy atom. The molecule has 0 saturated heterocycles. The Morgan fingerprint density at radius 1 is 1.05 bits per heavy atom. The van der Waals surface area contributed by atoms with Gasteiger partial charge >= 0.3 is 0 Å². The summed E-state index contributed by atoms with van der Waals surface area (Å²) < 4.78 is 13.2. The van der Waals surface area contributed by atoms with Crippen molar-refractivity contribution < 1.29 is 14.3 Å². The summed E-state index contributed by atoms with van der Waals surface area (Å²) in [6.45, 7) is 4.27. The first kappa shape index (κ1) is 25.2. The van der Waals surface area contributed by atoms with Gasteiger partial charge in [-0.2, -0.15) is 0 Å². The zero-order chi connectivity index (χ0) is 26.6. The fourth-order valence-electron chi connectivity index (χ4n) is 4.49. The molecule has 1 aliphatic rings. The summed E-state index contributed by atoms with van der Waals surface area (Å²) in [6, 6.07) is 23.6. The summed E-state index contributed by atoms with van der Waals surface area (Å²) in [6.07, 6.45) is 1.81. The molecule has 38 heavy (non-hydrogen) atoms. The molecular weight excluding hydrogens is 498 g/mol. The third-order valence-electron chi connectivity index (χ3n) is 6.23. The summed E-state index contributed by atoms with van der Waals surface area (Å²) in [5, 5.41) is 2.97. The number of thiazole rings is 1. The molecule has 0 unspecified atom stereocenters. The second-order valence-corrected chi connectivity index (χ2v) is 9.66. The first-order valence-electron chi connectivity index (χ1n) is 12.2. The lowest BCUT2D eigenvalue weighted by molar-refractivity contribution is -0.113. The van der Waals surface area contributed by atoms with Crippen LogP contribution in [0.3, 0.4) is 0 Å². The summed E-state index contributed by atoms with van der Waals surface area (Å²) in [4.78, 5) is 32.7. The topological polar surface area (TPSA) is 81.9 Å². The Hall–Kier alpha value is -4.43. The molecule has 1 amide bonds. The summed E-state index contributed by atoms with van der Waals surface area (Å²) in [7, 11) is 1.60. The average molecular weight is 526 g/mol. The molecule has 8 heteroatoms. The number of ether oxygens (including phenoxy) is 2. The van der Waals surface area contributed by atoms with Gasteiger partial charge in [-0.15, -0.1) is 0 Å². The van der Waals surface area contributed by atoms with E-state index in [4.69, 9.17) is 14.5 Å². The van der Waals surface area contributed by atoms with Crippen molar-refractivity contribution >= 4 is 29.0 Å². The molecule has 0 aliphatic carbocycles. The normalized spacial score (nSPS) is 15.0. The van der Waals surface area contributed by atoms with Crippen molar-refractivity contribution in [3.8, 4) is 11.5 Å². The number of carbonyl (C=O) groups is 1. The molecule has 1 aromatic heterocycles. The van der Waals surface area contributed by atoms with Crippen molar-refractivity contribution in [3.05, 3.63) is 121 Å². The molecule has 192 valence electrons. The number of allylic oxidation sites excluding steroid dienone is 1. The molecule has 3 aromatic carbocycles. The molecule has 7 nitrogen and oxygen atoms in total. The third-order valence-corrected chi connectivity index (χ3v) is 7.21. The Balaban J connectivity index is 1.67. The van der Waals surface area contributed by atoms with E-state index in [0.29, 0.717) is 38.6 Å². The van der Waals surface area contributed by atoms with Crippen LogP contribution in [0.1, 0.15) is 31.0 Å². The number of nitrogens with zero attached hydrogens (tertiary/aromatic N) is 2. The fraction of sp³-hybridized carbons (Fsp3) is 0.167. The quantitative estimate of drug-likeness (QED) is 0.391. The molecule has 0 saturated carbocycles. The largest absolute Gasteiger partial charge is 0.496 e. The lowest BCUT2D eigenvalue weighted by Crippen LogP contribution is -2.40. The minimum absolute atomic E-state index is 0.226. The first-order chi connectivity index (χ1) is 18.5. The lowest BCUT2D eigenvalue weighted by Gasteiger charge is -2.25. The highest BCUT2D eigenvalue weighted by Gasteiger charge is 2.32. The van der Waals surface area contributed by atoms with Crippen molar-refractivity contribution in [2.24, 2.45) is 4.99 Å². The van der Waals surface area contributed by atoms with Gasteiger partial charge in [0.05, 0.1) is 35.6 Å². The third kappa shape index (κ3) is 4.90. The van der Waals surface area contributed by atoms with E-state index in [-0.39, 0.29) is 11.5 Å². The van der Waals surface area contributed by atoms with Crippen molar-refractivity contribution in [2.45, 2.75) is 19.9 Å². The summed E-state index contributed by atoms with van der Waals surface area (Å²) >= 11 is 1.29. The number of anilines is 1. The zero-order valence-corrected chi connectivity index (χ0v) is 22.1. The highest BCUT2D eigenvalue weighted by atomic mass is 32.1. The van der Waals surface area contributed by atoms with Gasteiger partial charge in [-0.05, 0) is 55.8 Å².